The van der Waals surface area contributed by atoms with Gasteiger partial charge < -0.3 is 10.6 Å². The second-order valence-corrected chi connectivity index (χ2v) is 6.34. The highest BCUT2D eigenvalue weighted by Gasteiger charge is 2.17. The van der Waals surface area contributed by atoms with E-state index in [-0.39, 0.29) is 0 Å². The number of fused-ring (bicyclic) bond motifs is 2. The summed E-state index contributed by atoms with van der Waals surface area (Å²) in [5.74, 6) is 0. The van der Waals surface area contributed by atoms with Crippen LogP contribution in [0.15, 0.2) is 41.9 Å². The quantitative estimate of drug-likeness (QED) is 0.699. The number of nitrogen functional groups attached to an aromatic ring is 1. The first kappa shape index (κ1) is 12.7. The van der Waals surface area contributed by atoms with Crippen LogP contribution in [-0.4, -0.2) is 18.1 Å². The first-order valence-corrected chi connectivity index (χ1v) is 8.14. The third kappa shape index (κ3) is 2.16. The van der Waals surface area contributed by atoms with Crippen molar-refractivity contribution in [1.29, 1.82) is 0 Å². The van der Waals surface area contributed by atoms with Crippen LogP contribution in [0.3, 0.4) is 0 Å². The summed E-state index contributed by atoms with van der Waals surface area (Å²) in [4.78, 5) is 6.80. The van der Waals surface area contributed by atoms with Crippen LogP contribution in [0.5, 0.6) is 0 Å². The van der Waals surface area contributed by atoms with Gasteiger partial charge in [-0.15, -0.1) is 11.3 Å². The fourth-order valence-electron chi connectivity index (χ4n) is 3.13. The van der Waals surface area contributed by atoms with E-state index in [0.717, 1.165) is 47.5 Å². The van der Waals surface area contributed by atoms with Crippen molar-refractivity contribution < 1.29 is 0 Å². The number of nitrogens with two attached hydrogens (primary N) is 1. The maximum atomic E-state index is 6.35. The molecule has 21 heavy (non-hydrogen) atoms. The molecule has 0 saturated heterocycles. The van der Waals surface area contributed by atoms with E-state index in [4.69, 9.17) is 5.73 Å². The van der Waals surface area contributed by atoms with Crippen LogP contribution < -0.4 is 10.6 Å². The van der Waals surface area contributed by atoms with Crippen molar-refractivity contribution in [3.05, 3.63) is 53.0 Å². The number of aromatic nitrogens is 1. The number of rotatable bonds is 1. The topological polar surface area (TPSA) is 42.1 Å². The molecular formula is C17H17N3S. The van der Waals surface area contributed by atoms with Gasteiger partial charge in [-0.25, -0.2) is 4.98 Å². The lowest BCUT2D eigenvalue weighted by atomic mass is 10.0. The zero-order chi connectivity index (χ0) is 14.2. The van der Waals surface area contributed by atoms with Gasteiger partial charge in [0.2, 0.25) is 0 Å². The predicted octanol–water partition coefficient (Wildman–Crippen LogP) is 3.48. The average Bonchev–Trinajstić information content (AvgIpc) is 2.89. The van der Waals surface area contributed by atoms with E-state index >= 15 is 0 Å². The fourth-order valence-corrected chi connectivity index (χ4v) is 3.82. The van der Waals surface area contributed by atoms with Gasteiger partial charge in [0.15, 0.2) is 0 Å². The van der Waals surface area contributed by atoms with Gasteiger partial charge in [-0.3, -0.25) is 0 Å². The van der Waals surface area contributed by atoms with E-state index < -0.39 is 0 Å². The highest BCUT2D eigenvalue weighted by atomic mass is 32.1. The zero-order valence-corrected chi connectivity index (χ0v) is 12.6. The summed E-state index contributed by atoms with van der Waals surface area (Å²) in [6, 6.07) is 13.0. The summed E-state index contributed by atoms with van der Waals surface area (Å²) in [6.45, 7) is 2.02. The molecule has 0 saturated carbocycles. The van der Waals surface area contributed by atoms with Crippen molar-refractivity contribution in [2.45, 2.75) is 12.8 Å². The van der Waals surface area contributed by atoms with Crippen LogP contribution in [0.1, 0.15) is 11.1 Å². The summed E-state index contributed by atoms with van der Waals surface area (Å²) < 4.78 is 1.16. The Kier molecular flexibility index (Phi) is 3.04. The number of benzene rings is 2. The Hall–Kier alpha value is -2.07. The molecule has 0 aliphatic carbocycles. The highest BCUT2D eigenvalue weighted by Crippen LogP contribution is 2.33. The standard InChI is InChI=1S/C17H17N3S/c18-16-14(5-6-15-17(16)19-11-21-15)20-9-7-12-3-1-2-4-13(12)8-10-20/h1-6,11H,7-10,18H2. The van der Waals surface area contributed by atoms with Crippen molar-refractivity contribution in [1.82, 2.24) is 4.98 Å². The molecular weight excluding hydrogens is 278 g/mol. The van der Waals surface area contributed by atoms with Gasteiger partial charge in [-0.1, -0.05) is 24.3 Å². The van der Waals surface area contributed by atoms with E-state index in [1.807, 2.05) is 5.51 Å². The van der Waals surface area contributed by atoms with Crippen LogP contribution >= 0.6 is 11.3 Å². The van der Waals surface area contributed by atoms with Crippen molar-refractivity contribution in [3.63, 3.8) is 0 Å². The lowest BCUT2D eigenvalue weighted by molar-refractivity contribution is 0.807. The summed E-state index contributed by atoms with van der Waals surface area (Å²) >= 11 is 1.64. The molecule has 3 nitrogen and oxygen atoms in total. The van der Waals surface area contributed by atoms with Gasteiger partial charge >= 0.3 is 0 Å². The Bertz CT molecular complexity index is 767. The summed E-state index contributed by atoms with van der Waals surface area (Å²) in [5.41, 5.74) is 14.0. The second-order valence-electron chi connectivity index (χ2n) is 5.45. The summed E-state index contributed by atoms with van der Waals surface area (Å²) in [7, 11) is 0. The van der Waals surface area contributed by atoms with E-state index in [1.54, 1.807) is 11.3 Å². The minimum Gasteiger partial charge on any atom is -0.395 e. The molecule has 1 aliphatic rings. The maximum Gasteiger partial charge on any atom is 0.106 e. The van der Waals surface area contributed by atoms with E-state index in [9.17, 15) is 0 Å². The number of anilines is 2. The maximum absolute atomic E-state index is 6.35. The van der Waals surface area contributed by atoms with Gasteiger partial charge in [-0.2, -0.15) is 0 Å². The van der Waals surface area contributed by atoms with Gasteiger partial charge in [0.05, 0.1) is 21.6 Å². The zero-order valence-electron chi connectivity index (χ0n) is 11.7. The Morgan fingerprint density at radius 1 is 1.00 bits per heavy atom. The lowest BCUT2D eigenvalue weighted by Gasteiger charge is -2.24. The third-order valence-electron chi connectivity index (χ3n) is 4.28. The fraction of sp³-hybridized carbons (Fsp3) is 0.235. The Labute approximate surface area is 128 Å². The molecule has 1 aliphatic heterocycles. The number of nitrogens with zero attached hydrogens (tertiary/aromatic N) is 2. The van der Waals surface area contributed by atoms with Crippen LogP contribution in [0.4, 0.5) is 11.4 Å². The smallest absolute Gasteiger partial charge is 0.106 e. The van der Waals surface area contributed by atoms with Gasteiger partial charge in [0.1, 0.15) is 5.52 Å². The SMILES string of the molecule is Nc1c(N2CCc3ccccc3CC2)ccc2scnc12. The van der Waals surface area contributed by atoms with Crippen molar-refractivity contribution in [2.24, 2.45) is 0 Å². The normalized spacial score (nSPS) is 15.0. The molecule has 0 amide bonds. The molecule has 0 atom stereocenters. The summed E-state index contributed by atoms with van der Waals surface area (Å²) in [5, 5.41) is 0. The predicted molar refractivity (Wildman–Crippen MR) is 90.1 cm³/mol. The lowest BCUT2D eigenvalue weighted by Crippen LogP contribution is -2.26. The molecule has 4 heteroatoms. The van der Waals surface area contributed by atoms with Gasteiger partial charge in [0, 0.05) is 13.1 Å². The van der Waals surface area contributed by atoms with Crippen molar-refractivity contribution in [2.75, 3.05) is 23.7 Å². The molecule has 0 fully saturated rings. The second kappa shape index (κ2) is 5.04. The molecule has 2 aromatic carbocycles. The molecule has 2 N–H and O–H groups in total. The van der Waals surface area contributed by atoms with Crippen LogP contribution in [0.25, 0.3) is 10.2 Å². The van der Waals surface area contributed by atoms with Crippen LogP contribution in [0, 0.1) is 0 Å². The summed E-state index contributed by atoms with van der Waals surface area (Å²) in [6.07, 6.45) is 2.15. The van der Waals surface area contributed by atoms with Crippen LogP contribution in [-0.2, 0) is 12.8 Å². The number of hydrogen-bond acceptors (Lipinski definition) is 4. The van der Waals surface area contributed by atoms with Crippen LogP contribution in [0.2, 0.25) is 0 Å². The van der Waals surface area contributed by atoms with E-state index in [0.29, 0.717) is 0 Å². The minimum atomic E-state index is 0.819. The molecule has 0 spiro atoms. The molecule has 4 rings (SSSR count). The molecule has 0 bridgehead atoms. The average molecular weight is 295 g/mol. The van der Waals surface area contributed by atoms with Gasteiger partial charge in [-0.05, 0) is 36.1 Å². The third-order valence-corrected chi connectivity index (χ3v) is 5.07. The van der Waals surface area contributed by atoms with Gasteiger partial charge in [0.25, 0.3) is 0 Å². The first-order chi connectivity index (χ1) is 10.3. The Balaban J connectivity index is 1.69. The molecule has 106 valence electrons. The largest absolute Gasteiger partial charge is 0.395 e. The van der Waals surface area contributed by atoms with E-state index in [1.165, 1.54) is 11.1 Å². The monoisotopic (exact) mass is 295 g/mol. The number of hydrogen-bond donors (Lipinski definition) is 1. The van der Waals surface area contributed by atoms with Crippen molar-refractivity contribution in [3.8, 4) is 0 Å². The van der Waals surface area contributed by atoms with E-state index in [2.05, 4.69) is 46.3 Å². The van der Waals surface area contributed by atoms with Crippen molar-refractivity contribution >= 4 is 32.9 Å². The Morgan fingerprint density at radius 3 is 2.43 bits per heavy atom. The molecule has 0 unspecified atom stereocenters. The molecule has 3 aromatic rings. The molecule has 1 aromatic heterocycles. The number of thiazole rings is 1. The minimum absolute atomic E-state index is 0.819. The Morgan fingerprint density at radius 2 is 1.71 bits per heavy atom. The highest BCUT2D eigenvalue weighted by molar-refractivity contribution is 7.16. The molecule has 0 radical (unpaired) electrons. The molecule has 2 heterocycles. The first-order valence-electron chi connectivity index (χ1n) is 7.26.